The van der Waals surface area contributed by atoms with Crippen molar-refractivity contribution in [1.29, 1.82) is 0 Å². The minimum Gasteiger partial charge on any atom is -0.489 e. The molecule has 0 saturated carbocycles. The Bertz CT molecular complexity index is 1540. The SMILES string of the molecule is O=C1c2[nH]nc(-c3ccccc3)c2C(c2ccc(OCc3ccccc3Cl)cc2)N1Cc1ccncc1. The summed E-state index contributed by atoms with van der Waals surface area (Å²) >= 11 is 6.27. The van der Waals surface area contributed by atoms with Crippen LogP contribution in [-0.2, 0) is 13.2 Å². The fourth-order valence-corrected chi connectivity index (χ4v) is 4.92. The van der Waals surface area contributed by atoms with E-state index < -0.39 is 0 Å². The Labute approximate surface area is 219 Å². The molecule has 182 valence electrons. The van der Waals surface area contributed by atoms with E-state index in [4.69, 9.17) is 16.3 Å². The van der Waals surface area contributed by atoms with Crippen LogP contribution >= 0.6 is 11.6 Å². The molecule has 1 N–H and O–H groups in total. The molecule has 1 aliphatic heterocycles. The van der Waals surface area contributed by atoms with Crippen molar-refractivity contribution in [2.24, 2.45) is 0 Å². The van der Waals surface area contributed by atoms with Gasteiger partial charge in [0.15, 0.2) is 0 Å². The number of fused-ring (bicyclic) bond motifs is 1. The highest BCUT2D eigenvalue weighted by molar-refractivity contribution is 6.31. The highest BCUT2D eigenvalue weighted by Gasteiger charge is 2.42. The van der Waals surface area contributed by atoms with Gasteiger partial charge in [0, 0.05) is 40.7 Å². The molecule has 0 aliphatic carbocycles. The number of benzene rings is 3. The number of aromatic nitrogens is 3. The number of aromatic amines is 1. The number of hydrogen-bond donors (Lipinski definition) is 1. The second-order valence-electron chi connectivity index (χ2n) is 8.87. The summed E-state index contributed by atoms with van der Waals surface area (Å²) in [7, 11) is 0. The molecule has 0 fully saturated rings. The van der Waals surface area contributed by atoms with E-state index in [1.54, 1.807) is 12.4 Å². The molecule has 0 bridgehead atoms. The van der Waals surface area contributed by atoms with Crippen LogP contribution in [0.15, 0.2) is 103 Å². The van der Waals surface area contributed by atoms with Crippen LogP contribution in [0.3, 0.4) is 0 Å². The van der Waals surface area contributed by atoms with E-state index in [0.29, 0.717) is 23.9 Å². The zero-order valence-electron chi connectivity index (χ0n) is 19.8. The molecule has 6 nitrogen and oxygen atoms in total. The van der Waals surface area contributed by atoms with E-state index in [9.17, 15) is 4.79 Å². The molecule has 1 amide bonds. The molecule has 7 heteroatoms. The fraction of sp³-hybridized carbons (Fsp3) is 0.100. The minimum atomic E-state index is -0.303. The molecule has 1 aliphatic rings. The summed E-state index contributed by atoms with van der Waals surface area (Å²) in [5.41, 5.74) is 6.06. The first-order valence-electron chi connectivity index (χ1n) is 12.0. The van der Waals surface area contributed by atoms with E-state index in [0.717, 1.165) is 39.3 Å². The number of rotatable bonds is 7. The van der Waals surface area contributed by atoms with Crippen LogP contribution in [0.2, 0.25) is 5.02 Å². The number of pyridine rings is 1. The summed E-state index contributed by atoms with van der Waals surface area (Å²) in [5, 5.41) is 8.24. The lowest BCUT2D eigenvalue weighted by atomic mass is 9.96. The average Bonchev–Trinajstić information content (AvgIpc) is 3.49. The molecule has 1 unspecified atom stereocenters. The van der Waals surface area contributed by atoms with Gasteiger partial charge >= 0.3 is 0 Å². The van der Waals surface area contributed by atoms with E-state index in [1.165, 1.54) is 0 Å². The topological polar surface area (TPSA) is 71.1 Å². The molecule has 6 rings (SSSR count). The number of carbonyl (C=O) groups excluding carboxylic acids is 1. The van der Waals surface area contributed by atoms with Crippen LogP contribution in [0.25, 0.3) is 11.3 Å². The number of halogens is 1. The Morgan fingerprint density at radius 2 is 1.62 bits per heavy atom. The smallest absolute Gasteiger partial charge is 0.273 e. The second-order valence-corrected chi connectivity index (χ2v) is 9.27. The number of amides is 1. The first kappa shape index (κ1) is 23.0. The maximum Gasteiger partial charge on any atom is 0.273 e. The summed E-state index contributed by atoms with van der Waals surface area (Å²) in [5.74, 6) is 0.648. The van der Waals surface area contributed by atoms with Gasteiger partial charge in [-0.05, 0) is 41.5 Å². The Balaban J connectivity index is 1.35. The van der Waals surface area contributed by atoms with E-state index in [1.807, 2.05) is 95.9 Å². The number of hydrogen-bond acceptors (Lipinski definition) is 4. The number of nitrogens with zero attached hydrogens (tertiary/aromatic N) is 3. The Morgan fingerprint density at radius 1 is 0.892 bits per heavy atom. The average molecular weight is 507 g/mol. The van der Waals surface area contributed by atoms with Crippen LogP contribution in [0.5, 0.6) is 5.75 Å². The quantitative estimate of drug-likeness (QED) is 0.275. The molecule has 0 spiro atoms. The van der Waals surface area contributed by atoms with Gasteiger partial charge in [0.05, 0.1) is 11.7 Å². The van der Waals surface area contributed by atoms with Crippen LogP contribution in [0.1, 0.15) is 38.8 Å². The lowest BCUT2D eigenvalue weighted by molar-refractivity contribution is 0.0730. The second kappa shape index (κ2) is 9.91. The molecule has 0 radical (unpaired) electrons. The van der Waals surface area contributed by atoms with Crippen LogP contribution < -0.4 is 4.74 Å². The summed E-state index contributed by atoms with van der Waals surface area (Å²) in [6.45, 7) is 0.826. The zero-order valence-corrected chi connectivity index (χ0v) is 20.6. The number of ether oxygens (including phenoxy) is 1. The van der Waals surface area contributed by atoms with Crippen molar-refractivity contribution in [3.63, 3.8) is 0 Å². The Hall–Kier alpha value is -4.42. The molecular weight excluding hydrogens is 484 g/mol. The predicted octanol–water partition coefficient (Wildman–Crippen LogP) is 6.45. The van der Waals surface area contributed by atoms with Crippen molar-refractivity contribution in [2.45, 2.75) is 19.2 Å². The standard InChI is InChI=1S/C30H23ClN4O2/c31-25-9-5-4-8-23(25)19-37-24-12-10-22(11-13-24)29-26-27(21-6-2-1-3-7-21)33-34-28(26)30(36)35(29)18-20-14-16-32-17-15-20/h1-17,29H,18-19H2,(H,33,34). The highest BCUT2D eigenvalue weighted by atomic mass is 35.5. The van der Waals surface area contributed by atoms with Crippen molar-refractivity contribution < 1.29 is 9.53 Å². The lowest BCUT2D eigenvalue weighted by Gasteiger charge is -2.26. The van der Waals surface area contributed by atoms with Crippen molar-refractivity contribution in [1.82, 2.24) is 20.1 Å². The number of carbonyl (C=O) groups is 1. The van der Waals surface area contributed by atoms with Crippen molar-refractivity contribution >= 4 is 17.5 Å². The third-order valence-corrected chi connectivity index (χ3v) is 6.93. The molecular formula is C30H23ClN4O2. The lowest BCUT2D eigenvalue weighted by Crippen LogP contribution is -2.29. The van der Waals surface area contributed by atoms with E-state index in [-0.39, 0.29) is 11.9 Å². The summed E-state index contributed by atoms with van der Waals surface area (Å²) in [6, 6.07) is 29.0. The van der Waals surface area contributed by atoms with Gasteiger partial charge in [-0.15, -0.1) is 0 Å². The first-order chi connectivity index (χ1) is 18.2. The summed E-state index contributed by atoms with van der Waals surface area (Å²) in [6.07, 6.45) is 3.48. The predicted molar refractivity (Wildman–Crippen MR) is 142 cm³/mol. The maximum absolute atomic E-state index is 13.6. The van der Waals surface area contributed by atoms with Gasteiger partial charge in [-0.1, -0.05) is 72.3 Å². The van der Waals surface area contributed by atoms with Gasteiger partial charge < -0.3 is 9.64 Å². The third-order valence-electron chi connectivity index (χ3n) is 6.56. The zero-order chi connectivity index (χ0) is 25.2. The van der Waals surface area contributed by atoms with Gasteiger partial charge in [0.2, 0.25) is 0 Å². The van der Waals surface area contributed by atoms with Crippen molar-refractivity contribution in [3.05, 3.63) is 136 Å². The molecule has 1 atom stereocenters. The number of H-pyrrole nitrogens is 1. The monoisotopic (exact) mass is 506 g/mol. The molecule has 2 aromatic heterocycles. The van der Waals surface area contributed by atoms with Gasteiger partial charge in [-0.3, -0.25) is 14.9 Å². The Kier molecular flexibility index (Phi) is 6.16. The summed E-state index contributed by atoms with van der Waals surface area (Å²) < 4.78 is 5.99. The normalized spacial score (nSPS) is 14.6. The maximum atomic E-state index is 13.6. The van der Waals surface area contributed by atoms with Crippen LogP contribution in [0.4, 0.5) is 0 Å². The van der Waals surface area contributed by atoms with Gasteiger partial charge in [0.25, 0.3) is 5.91 Å². The van der Waals surface area contributed by atoms with Gasteiger partial charge in [0.1, 0.15) is 18.1 Å². The third kappa shape index (κ3) is 4.47. The minimum absolute atomic E-state index is 0.0782. The first-order valence-corrected chi connectivity index (χ1v) is 12.4. The van der Waals surface area contributed by atoms with Gasteiger partial charge in [-0.2, -0.15) is 5.10 Å². The van der Waals surface area contributed by atoms with Crippen molar-refractivity contribution in [2.75, 3.05) is 0 Å². The largest absolute Gasteiger partial charge is 0.489 e. The highest BCUT2D eigenvalue weighted by Crippen LogP contribution is 2.43. The van der Waals surface area contributed by atoms with E-state index >= 15 is 0 Å². The molecule has 5 aromatic rings. The molecule has 3 heterocycles. The van der Waals surface area contributed by atoms with Crippen LogP contribution in [0, 0.1) is 0 Å². The molecule has 0 saturated heterocycles. The van der Waals surface area contributed by atoms with Crippen molar-refractivity contribution in [3.8, 4) is 17.0 Å². The Morgan fingerprint density at radius 3 is 2.38 bits per heavy atom. The molecule has 3 aromatic carbocycles. The van der Waals surface area contributed by atoms with Gasteiger partial charge in [-0.25, -0.2) is 0 Å². The summed E-state index contributed by atoms with van der Waals surface area (Å²) in [4.78, 5) is 19.6. The molecule has 37 heavy (non-hydrogen) atoms. The fourth-order valence-electron chi connectivity index (χ4n) is 4.73. The number of nitrogens with one attached hydrogen (secondary N) is 1. The van der Waals surface area contributed by atoms with Crippen LogP contribution in [-0.4, -0.2) is 26.0 Å². The van der Waals surface area contributed by atoms with E-state index in [2.05, 4.69) is 15.2 Å².